The van der Waals surface area contributed by atoms with E-state index >= 15 is 0 Å². The molecule has 0 aliphatic carbocycles. The first-order valence-corrected chi connectivity index (χ1v) is 9.30. The number of carbonyl (C=O) groups is 3. The Bertz CT molecular complexity index is 1040. The quantitative estimate of drug-likeness (QED) is 0.638. The molecule has 0 radical (unpaired) electrons. The van der Waals surface area contributed by atoms with Crippen molar-refractivity contribution in [3.05, 3.63) is 58.1 Å². The Morgan fingerprint density at radius 1 is 1.03 bits per heavy atom. The van der Waals surface area contributed by atoms with E-state index in [0.29, 0.717) is 6.07 Å². The van der Waals surface area contributed by atoms with E-state index in [-0.39, 0.29) is 34.3 Å². The number of imide groups is 1. The minimum atomic E-state index is -4.71. The lowest BCUT2D eigenvalue weighted by Crippen LogP contribution is -2.33. The van der Waals surface area contributed by atoms with E-state index < -0.39 is 35.3 Å². The Kier molecular flexibility index (Phi) is 5.76. The molecule has 2 N–H and O–H groups in total. The van der Waals surface area contributed by atoms with Crippen molar-refractivity contribution in [3.63, 3.8) is 0 Å². The van der Waals surface area contributed by atoms with Gasteiger partial charge in [-0.3, -0.25) is 14.5 Å². The molecule has 10 heteroatoms. The second-order valence-corrected chi connectivity index (χ2v) is 7.58. The second kappa shape index (κ2) is 7.98. The summed E-state index contributed by atoms with van der Waals surface area (Å²) in [5.41, 5.74) is -1.07. The van der Waals surface area contributed by atoms with Crippen molar-refractivity contribution in [1.82, 2.24) is 4.90 Å². The van der Waals surface area contributed by atoms with Gasteiger partial charge >= 0.3 is 12.2 Å². The SMILES string of the molecule is CC(C)CN1C(=O)c2ccc(NC(=O)Nc3ccc(Cl)cc3C(F)(F)F)cc2C1=O. The number of nitrogens with zero attached hydrogens (tertiary/aromatic N) is 1. The van der Waals surface area contributed by atoms with Crippen molar-refractivity contribution in [2.24, 2.45) is 5.92 Å². The van der Waals surface area contributed by atoms with Crippen LogP contribution in [0.3, 0.4) is 0 Å². The Balaban J connectivity index is 1.78. The van der Waals surface area contributed by atoms with Crippen molar-refractivity contribution < 1.29 is 27.6 Å². The number of alkyl halides is 3. The molecule has 1 heterocycles. The topological polar surface area (TPSA) is 78.5 Å². The standard InChI is InChI=1S/C20H17ClF3N3O3/c1-10(2)9-27-17(28)13-5-4-12(8-14(13)18(27)29)25-19(30)26-16-6-3-11(21)7-15(16)20(22,23)24/h3-8,10H,9H2,1-2H3,(H2,25,26,30). The number of hydrogen-bond donors (Lipinski definition) is 2. The molecule has 2 aromatic rings. The minimum Gasteiger partial charge on any atom is -0.308 e. The van der Waals surface area contributed by atoms with E-state index in [1.807, 2.05) is 13.8 Å². The highest BCUT2D eigenvalue weighted by Crippen LogP contribution is 2.36. The van der Waals surface area contributed by atoms with Gasteiger partial charge in [-0.05, 0) is 42.3 Å². The largest absolute Gasteiger partial charge is 0.418 e. The van der Waals surface area contributed by atoms with Crippen LogP contribution in [0.2, 0.25) is 5.02 Å². The predicted molar refractivity (Wildman–Crippen MR) is 106 cm³/mol. The Labute approximate surface area is 175 Å². The van der Waals surface area contributed by atoms with Crippen LogP contribution in [0.25, 0.3) is 0 Å². The number of benzene rings is 2. The smallest absolute Gasteiger partial charge is 0.308 e. The molecule has 0 spiro atoms. The minimum absolute atomic E-state index is 0.0813. The summed E-state index contributed by atoms with van der Waals surface area (Å²) in [6, 6.07) is 6.14. The zero-order valence-electron chi connectivity index (χ0n) is 15.9. The maximum absolute atomic E-state index is 13.2. The van der Waals surface area contributed by atoms with Gasteiger partial charge in [0.25, 0.3) is 11.8 Å². The molecule has 0 bridgehead atoms. The molecule has 0 fully saturated rings. The summed E-state index contributed by atoms with van der Waals surface area (Å²) < 4.78 is 39.5. The molecule has 0 saturated carbocycles. The molecular weight excluding hydrogens is 423 g/mol. The number of rotatable bonds is 4. The molecule has 0 atom stereocenters. The van der Waals surface area contributed by atoms with Crippen LogP contribution in [0.15, 0.2) is 36.4 Å². The number of fused-ring (bicyclic) bond motifs is 1. The van der Waals surface area contributed by atoms with Crippen LogP contribution in [0, 0.1) is 5.92 Å². The van der Waals surface area contributed by atoms with Gasteiger partial charge in [0.1, 0.15) is 0 Å². The van der Waals surface area contributed by atoms with Crippen molar-refractivity contribution in [2.45, 2.75) is 20.0 Å². The maximum atomic E-state index is 13.2. The van der Waals surface area contributed by atoms with E-state index in [2.05, 4.69) is 10.6 Å². The van der Waals surface area contributed by atoms with Crippen molar-refractivity contribution >= 4 is 40.8 Å². The van der Waals surface area contributed by atoms with Crippen molar-refractivity contribution in [1.29, 1.82) is 0 Å². The fourth-order valence-electron chi connectivity index (χ4n) is 3.04. The number of amides is 4. The van der Waals surface area contributed by atoms with Gasteiger partial charge in [-0.1, -0.05) is 25.4 Å². The van der Waals surface area contributed by atoms with Gasteiger partial charge in [0.05, 0.1) is 22.4 Å². The summed E-state index contributed by atoms with van der Waals surface area (Å²) in [6.45, 7) is 3.99. The fourth-order valence-corrected chi connectivity index (χ4v) is 3.22. The summed E-state index contributed by atoms with van der Waals surface area (Å²) in [5.74, 6) is -0.821. The Morgan fingerprint density at radius 2 is 1.70 bits per heavy atom. The third-order valence-electron chi connectivity index (χ3n) is 4.31. The molecule has 0 aromatic heterocycles. The lowest BCUT2D eigenvalue weighted by molar-refractivity contribution is -0.136. The van der Waals surface area contributed by atoms with Gasteiger partial charge in [0, 0.05) is 17.3 Å². The van der Waals surface area contributed by atoms with E-state index in [4.69, 9.17) is 11.6 Å². The lowest BCUT2D eigenvalue weighted by Gasteiger charge is -2.15. The molecule has 158 valence electrons. The van der Waals surface area contributed by atoms with Crippen LogP contribution in [-0.4, -0.2) is 29.3 Å². The number of carbonyl (C=O) groups excluding carboxylic acids is 3. The van der Waals surface area contributed by atoms with Crippen LogP contribution < -0.4 is 10.6 Å². The monoisotopic (exact) mass is 439 g/mol. The molecule has 1 aliphatic rings. The zero-order valence-corrected chi connectivity index (χ0v) is 16.7. The Morgan fingerprint density at radius 3 is 2.33 bits per heavy atom. The molecule has 30 heavy (non-hydrogen) atoms. The first kappa shape index (κ1) is 21.6. The molecule has 6 nitrogen and oxygen atoms in total. The molecule has 1 aliphatic heterocycles. The summed E-state index contributed by atoms with van der Waals surface area (Å²) in [6.07, 6.45) is -4.71. The van der Waals surface area contributed by atoms with Gasteiger partial charge in [0.2, 0.25) is 0 Å². The van der Waals surface area contributed by atoms with Crippen LogP contribution in [0.5, 0.6) is 0 Å². The fraction of sp³-hybridized carbons (Fsp3) is 0.250. The number of urea groups is 1. The first-order chi connectivity index (χ1) is 14.0. The molecule has 0 unspecified atom stereocenters. The van der Waals surface area contributed by atoms with E-state index in [1.54, 1.807) is 0 Å². The van der Waals surface area contributed by atoms with Gasteiger partial charge in [-0.2, -0.15) is 13.2 Å². The summed E-state index contributed by atoms with van der Waals surface area (Å²) in [4.78, 5) is 38.2. The summed E-state index contributed by atoms with van der Waals surface area (Å²) in [5, 5.41) is 4.37. The highest BCUT2D eigenvalue weighted by Gasteiger charge is 2.36. The van der Waals surface area contributed by atoms with Gasteiger partial charge in [-0.15, -0.1) is 0 Å². The van der Waals surface area contributed by atoms with Crippen LogP contribution in [0.4, 0.5) is 29.3 Å². The van der Waals surface area contributed by atoms with E-state index in [9.17, 15) is 27.6 Å². The van der Waals surface area contributed by atoms with Gasteiger partial charge in [0.15, 0.2) is 0 Å². The van der Waals surface area contributed by atoms with Gasteiger partial charge in [-0.25, -0.2) is 4.79 Å². The molecule has 0 saturated heterocycles. The van der Waals surface area contributed by atoms with E-state index in [1.165, 1.54) is 24.3 Å². The highest BCUT2D eigenvalue weighted by atomic mass is 35.5. The van der Waals surface area contributed by atoms with Crippen LogP contribution in [0.1, 0.15) is 40.1 Å². The summed E-state index contributed by atoms with van der Waals surface area (Å²) in [7, 11) is 0. The third-order valence-corrected chi connectivity index (χ3v) is 4.55. The number of anilines is 2. The van der Waals surface area contributed by atoms with Crippen molar-refractivity contribution in [2.75, 3.05) is 17.2 Å². The third kappa shape index (κ3) is 4.40. The molecule has 3 rings (SSSR count). The van der Waals surface area contributed by atoms with Gasteiger partial charge < -0.3 is 10.6 Å². The second-order valence-electron chi connectivity index (χ2n) is 7.14. The average molecular weight is 440 g/mol. The zero-order chi connectivity index (χ0) is 22.2. The number of hydrogen-bond acceptors (Lipinski definition) is 3. The Hall–Kier alpha value is -3.07. The molecule has 2 aromatic carbocycles. The van der Waals surface area contributed by atoms with Crippen molar-refractivity contribution in [3.8, 4) is 0 Å². The van der Waals surface area contributed by atoms with Crippen LogP contribution >= 0.6 is 11.6 Å². The average Bonchev–Trinajstić information content (AvgIpc) is 2.86. The first-order valence-electron chi connectivity index (χ1n) is 8.92. The molecule has 4 amide bonds. The summed E-state index contributed by atoms with van der Waals surface area (Å²) >= 11 is 5.62. The van der Waals surface area contributed by atoms with E-state index in [0.717, 1.165) is 11.0 Å². The molecular formula is C20H17ClF3N3O3. The lowest BCUT2D eigenvalue weighted by atomic mass is 10.1. The maximum Gasteiger partial charge on any atom is 0.418 e. The predicted octanol–water partition coefficient (Wildman–Crippen LogP) is 5.25. The highest BCUT2D eigenvalue weighted by molar-refractivity contribution is 6.30. The van der Waals surface area contributed by atoms with Crippen LogP contribution in [-0.2, 0) is 6.18 Å². The number of nitrogens with one attached hydrogen (secondary N) is 2. The number of halogens is 4. The normalized spacial score (nSPS) is 13.6.